The first kappa shape index (κ1) is 20.2. The minimum absolute atomic E-state index is 0.00843. The summed E-state index contributed by atoms with van der Waals surface area (Å²) in [5, 5.41) is 13.8. The van der Waals surface area contributed by atoms with Crippen molar-refractivity contribution in [3.63, 3.8) is 0 Å². The standard InChI is InChI=1S/C19H19N5O4S/c1-3-29(27,28)17-6-4-5-14(13-17)21-19-20-12-11-18(22-19)23(2)15-7-9-16(10-8-15)24(25)26/h4-13H,3H2,1-2H3,(H,20,21,22). The van der Waals surface area contributed by atoms with Crippen molar-refractivity contribution in [3.05, 3.63) is 70.9 Å². The molecule has 0 radical (unpaired) electrons. The van der Waals surface area contributed by atoms with Gasteiger partial charge in [-0.15, -0.1) is 0 Å². The summed E-state index contributed by atoms with van der Waals surface area (Å²) in [5.41, 5.74) is 1.28. The molecule has 1 aromatic heterocycles. The maximum Gasteiger partial charge on any atom is 0.269 e. The number of nitro groups is 1. The Balaban J connectivity index is 1.83. The lowest BCUT2D eigenvalue weighted by Crippen LogP contribution is -2.12. The van der Waals surface area contributed by atoms with Crippen LogP contribution in [0.5, 0.6) is 0 Å². The summed E-state index contributed by atoms with van der Waals surface area (Å²) in [6, 6.07) is 14.3. The number of anilines is 4. The van der Waals surface area contributed by atoms with Gasteiger partial charge >= 0.3 is 0 Å². The van der Waals surface area contributed by atoms with Gasteiger partial charge in [0.05, 0.1) is 15.6 Å². The number of aromatic nitrogens is 2. The van der Waals surface area contributed by atoms with E-state index in [0.717, 1.165) is 5.69 Å². The van der Waals surface area contributed by atoms with Crippen molar-refractivity contribution in [1.29, 1.82) is 0 Å². The van der Waals surface area contributed by atoms with Crippen LogP contribution in [-0.2, 0) is 9.84 Å². The number of hydrogen-bond donors (Lipinski definition) is 1. The van der Waals surface area contributed by atoms with Gasteiger partial charge in [0.15, 0.2) is 9.84 Å². The van der Waals surface area contributed by atoms with Gasteiger partial charge in [-0.25, -0.2) is 13.4 Å². The van der Waals surface area contributed by atoms with E-state index in [4.69, 9.17) is 0 Å². The monoisotopic (exact) mass is 413 g/mol. The van der Waals surface area contributed by atoms with Crippen LogP contribution in [0.15, 0.2) is 65.7 Å². The molecule has 3 rings (SSSR count). The number of nitrogens with one attached hydrogen (secondary N) is 1. The topological polar surface area (TPSA) is 118 Å². The van der Waals surface area contributed by atoms with E-state index >= 15 is 0 Å². The summed E-state index contributed by atoms with van der Waals surface area (Å²) in [6.07, 6.45) is 1.57. The summed E-state index contributed by atoms with van der Waals surface area (Å²) >= 11 is 0. The molecule has 0 saturated carbocycles. The molecule has 29 heavy (non-hydrogen) atoms. The van der Waals surface area contributed by atoms with Gasteiger partial charge in [0.1, 0.15) is 5.82 Å². The normalized spacial score (nSPS) is 11.1. The molecule has 1 heterocycles. The van der Waals surface area contributed by atoms with Gasteiger partial charge in [-0.05, 0) is 36.4 Å². The van der Waals surface area contributed by atoms with Crippen LogP contribution in [0.3, 0.4) is 0 Å². The second-order valence-electron chi connectivity index (χ2n) is 6.13. The lowest BCUT2D eigenvalue weighted by atomic mass is 10.2. The molecule has 0 amide bonds. The third-order valence-electron chi connectivity index (χ3n) is 4.26. The number of sulfone groups is 1. The Bertz CT molecular complexity index is 1130. The number of rotatable bonds is 7. The highest BCUT2D eigenvalue weighted by molar-refractivity contribution is 7.91. The Kier molecular flexibility index (Phi) is 5.74. The molecule has 1 N–H and O–H groups in total. The molecule has 0 fully saturated rings. The molecule has 0 bridgehead atoms. The molecule has 10 heteroatoms. The molecule has 0 unspecified atom stereocenters. The van der Waals surface area contributed by atoms with Crippen molar-refractivity contribution in [3.8, 4) is 0 Å². The molecule has 0 spiro atoms. The van der Waals surface area contributed by atoms with Crippen LogP contribution in [0.4, 0.5) is 28.8 Å². The first-order valence-electron chi connectivity index (χ1n) is 8.71. The zero-order chi connectivity index (χ0) is 21.0. The molecule has 0 aliphatic heterocycles. The zero-order valence-electron chi connectivity index (χ0n) is 15.8. The second kappa shape index (κ2) is 8.23. The van der Waals surface area contributed by atoms with Crippen molar-refractivity contribution < 1.29 is 13.3 Å². The van der Waals surface area contributed by atoms with Crippen molar-refractivity contribution >= 4 is 38.7 Å². The number of nitro benzene ring substituents is 1. The van der Waals surface area contributed by atoms with E-state index in [2.05, 4.69) is 15.3 Å². The first-order valence-corrected chi connectivity index (χ1v) is 10.4. The van der Waals surface area contributed by atoms with Crippen LogP contribution < -0.4 is 10.2 Å². The van der Waals surface area contributed by atoms with Gasteiger partial charge in [-0.2, -0.15) is 4.98 Å². The molecule has 0 saturated heterocycles. The van der Waals surface area contributed by atoms with Crippen molar-refractivity contribution in [2.75, 3.05) is 23.0 Å². The lowest BCUT2D eigenvalue weighted by molar-refractivity contribution is -0.384. The molecular formula is C19H19N5O4S. The first-order chi connectivity index (χ1) is 13.8. The van der Waals surface area contributed by atoms with E-state index in [1.807, 2.05) is 0 Å². The van der Waals surface area contributed by atoms with E-state index in [1.54, 1.807) is 61.5 Å². The van der Waals surface area contributed by atoms with E-state index in [9.17, 15) is 18.5 Å². The summed E-state index contributed by atoms with van der Waals surface area (Å²) in [7, 11) is -1.54. The van der Waals surface area contributed by atoms with Gasteiger partial charge in [-0.3, -0.25) is 10.1 Å². The van der Waals surface area contributed by atoms with Crippen LogP contribution in [0.1, 0.15) is 6.92 Å². The fourth-order valence-corrected chi connectivity index (χ4v) is 3.52. The van der Waals surface area contributed by atoms with Gasteiger partial charge in [0.25, 0.3) is 5.69 Å². The summed E-state index contributed by atoms with van der Waals surface area (Å²) < 4.78 is 24.1. The fraction of sp³-hybridized carbons (Fsp3) is 0.158. The molecule has 0 aliphatic rings. The van der Waals surface area contributed by atoms with Crippen molar-refractivity contribution in [2.45, 2.75) is 11.8 Å². The van der Waals surface area contributed by atoms with Gasteiger partial charge in [0.2, 0.25) is 5.95 Å². The highest BCUT2D eigenvalue weighted by Gasteiger charge is 2.13. The Morgan fingerprint density at radius 1 is 1.14 bits per heavy atom. The number of benzene rings is 2. The van der Waals surface area contributed by atoms with Crippen molar-refractivity contribution in [2.24, 2.45) is 0 Å². The van der Waals surface area contributed by atoms with E-state index < -0.39 is 14.8 Å². The van der Waals surface area contributed by atoms with Crippen LogP contribution >= 0.6 is 0 Å². The highest BCUT2D eigenvalue weighted by atomic mass is 32.2. The Morgan fingerprint density at radius 3 is 2.52 bits per heavy atom. The number of non-ortho nitro benzene ring substituents is 1. The number of nitrogens with zero attached hydrogens (tertiary/aromatic N) is 4. The number of hydrogen-bond acceptors (Lipinski definition) is 8. The molecule has 0 atom stereocenters. The molecule has 150 valence electrons. The third kappa shape index (κ3) is 4.66. The molecule has 2 aromatic carbocycles. The predicted octanol–water partition coefficient (Wildman–Crippen LogP) is 3.69. The minimum atomic E-state index is -3.32. The largest absolute Gasteiger partial charge is 0.329 e. The zero-order valence-corrected chi connectivity index (χ0v) is 16.6. The maximum atomic E-state index is 12.1. The summed E-state index contributed by atoms with van der Waals surface area (Å²) in [4.78, 5) is 20.9. The lowest BCUT2D eigenvalue weighted by Gasteiger charge is -2.18. The third-order valence-corrected chi connectivity index (χ3v) is 5.99. The maximum absolute atomic E-state index is 12.1. The van der Waals surface area contributed by atoms with Gasteiger partial charge in [-0.1, -0.05) is 13.0 Å². The summed E-state index contributed by atoms with van der Waals surface area (Å²) in [6.45, 7) is 1.59. The second-order valence-corrected chi connectivity index (χ2v) is 8.41. The highest BCUT2D eigenvalue weighted by Crippen LogP contribution is 2.25. The van der Waals surface area contributed by atoms with Crippen LogP contribution in [0.25, 0.3) is 0 Å². The van der Waals surface area contributed by atoms with Crippen molar-refractivity contribution in [1.82, 2.24) is 9.97 Å². The fourth-order valence-electron chi connectivity index (χ4n) is 2.59. The molecule has 0 aliphatic carbocycles. The summed E-state index contributed by atoms with van der Waals surface area (Å²) in [5.74, 6) is 0.874. The average Bonchev–Trinajstić information content (AvgIpc) is 2.73. The SMILES string of the molecule is CCS(=O)(=O)c1cccc(Nc2nccc(N(C)c3ccc([N+](=O)[O-])cc3)n2)c1. The van der Waals surface area contributed by atoms with E-state index in [0.29, 0.717) is 17.5 Å². The average molecular weight is 413 g/mol. The smallest absolute Gasteiger partial charge is 0.269 e. The minimum Gasteiger partial charge on any atom is -0.329 e. The van der Waals surface area contributed by atoms with Crippen LogP contribution in [0, 0.1) is 10.1 Å². The van der Waals surface area contributed by atoms with Gasteiger partial charge < -0.3 is 10.2 Å². The Hall–Kier alpha value is -3.53. The van der Waals surface area contributed by atoms with E-state index in [1.165, 1.54) is 18.2 Å². The van der Waals surface area contributed by atoms with Gasteiger partial charge in [0, 0.05) is 36.8 Å². The van der Waals surface area contributed by atoms with Crippen LogP contribution in [-0.4, -0.2) is 36.1 Å². The molecule has 9 nitrogen and oxygen atoms in total. The quantitative estimate of drug-likeness (QED) is 0.460. The Labute approximate surface area is 168 Å². The predicted molar refractivity (Wildman–Crippen MR) is 111 cm³/mol. The molecular weight excluding hydrogens is 394 g/mol. The molecule has 3 aromatic rings. The van der Waals surface area contributed by atoms with Crippen LogP contribution in [0.2, 0.25) is 0 Å². The Morgan fingerprint density at radius 2 is 1.86 bits per heavy atom. The van der Waals surface area contributed by atoms with E-state index in [-0.39, 0.29) is 16.3 Å².